The number of ketones is 1. The van der Waals surface area contributed by atoms with Crippen LogP contribution in [0.3, 0.4) is 0 Å². The van der Waals surface area contributed by atoms with Gasteiger partial charge in [-0.1, -0.05) is 68.1 Å². The molecule has 9 nitrogen and oxygen atoms in total. The number of carboxylic acids is 1. The number of carbonyl (C=O) groups is 2. The minimum atomic E-state index is -1.86. The smallest absolute Gasteiger partial charge is 0.164 e. The van der Waals surface area contributed by atoms with Crippen molar-refractivity contribution in [2.75, 3.05) is 18.1 Å². The molecule has 45 heavy (non-hydrogen) atoms. The molecule has 3 saturated carbocycles. The minimum Gasteiger partial charge on any atom is -0.550 e. The number of carbonyl (C=O) groups excluding carboxylic acids is 2. The number of benzene rings is 2. The molecule has 3 fully saturated rings. The third-order valence-corrected chi connectivity index (χ3v) is 10.7. The fraction of sp³-hybridized carbons (Fsp3) is 0.600. The molecule has 5 N–H and O–H groups in total. The summed E-state index contributed by atoms with van der Waals surface area (Å²) in [5.41, 5.74) is 2.83. The van der Waals surface area contributed by atoms with Gasteiger partial charge in [-0.25, -0.2) is 0 Å². The molecular weight excluding hydrogens is 594 g/mol. The van der Waals surface area contributed by atoms with E-state index in [-0.39, 0.29) is 12.8 Å². The predicted molar refractivity (Wildman–Crippen MR) is 171 cm³/mol. The molecular formula is C35H48NO8S-. The van der Waals surface area contributed by atoms with Crippen molar-refractivity contribution in [1.29, 1.82) is 0 Å². The van der Waals surface area contributed by atoms with Gasteiger partial charge in [0.05, 0.1) is 18.0 Å². The zero-order valence-corrected chi connectivity index (χ0v) is 26.7. The molecule has 2 bridgehead atoms. The van der Waals surface area contributed by atoms with Gasteiger partial charge in [0.15, 0.2) is 5.78 Å². The minimum absolute atomic E-state index is 0.000648. The Hall–Kier alpha value is -2.47. The first-order valence-corrected chi connectivity index (χ1v) is 17.2. The van der Waals surface area contributed by atoms with Crippen molar-refractivity contribution in [2.24, 2.45) is 17.8 Å². The number of fused-ring (bicyclic) bond motifs is 5. The van der Waals surface area contributed by atoms with Crippen molar-refractivity contribution in [3.05, 3.63) is 48.5 Å². The Labute approximate surface area is 270 Å². The van der Waals surface area contributed by atoms with Crippen molar-refractivity contribution in [3.63, 3.8) is 0 Å². The number of hydrogen-bond acceptors (Lipinski definition) is 10. The summed E-state index contributed by atoms with van der Waals surface area (Å²) in [5.74, 6) is 1.11. The third kappa shape index (κ3) is 9.76. The van der Waals surface area contributed by atoms with Crippen LogP contribution in [0.25, 0.3) is 0 Å². The molecule has 0 spiro atoms. The van der Waals surface area contributed by atoms with Crippen LogP contribution in [-0.2, 0) is 9.59 Å². The van der Waals surface area contributed by atoms with Crippen LogP contribution in [0.5, 0.6) is 0 Å². The fourth-order valence-corrected chi connectivity index (χ4v) is 8.01. The number of carboxylic acid groups (broad SMARTS) is 1. The monoisotopic (exact) mass is 642 g/mol. The van der Waals surface area contributed by atoms with Gasteiger partial charge in [-0.05, 0) is 80.5 Å². The summed E-state index contributed by atoms with van der Waals surface area (Å²) in [5, 5.41) is 56.4. The number of unbranched alkanes of at least 4 members (excludes halogenated alkanes) is 4. The number of hydrogen-bond donors (Lipinski definition) is 5. The highest BCUT2D eigenvalue weighted by atomic mass is 32.2. The number of aliphatic carboxylic acids is 1. The lowest BCUT2D eigenvalue weighted by atomic mass is 9.64. The maximum absolute atomic E-state index is 11.6. The summed E-state index contributed by atoms with van der Waals surface area (Å²) in [7, 11) is 0. The van der Waals surface area contributed by atoms with Crippen LogP contribution >= 0.6 is 11.8 Å². The lowest BCUT2D eigenvalue weighted by Crippen LogP contribution is -2.48. The molecule has 2 aromatic rings. The van der Waals surface area contributed by atoms with Crippen LogP contribution in [-0.4, -0.2) is 74.9 Å². The lowest BCUT2D eigenvalue weighted by Gasteiger charge is -2.45. The second-order valence-corrected chi connectivity index (χ2v) is 13.8. The van der Waals surface area contributed by atoms with Crippen LogP contribution < -0.4 is 10.0 Å². The Morgan fingerprint density at radius 1 is 0.800 bits per heavy atom. The summed E-state index contributed by atoms with van der Waals surface area (Å²) in [6.45, 7) is 0.404. The molecule has 3 unspecified atom stereocenters. The summed E-state index contributed by atoms with van der Waals surface area (Å²) < 4.78 is 0. The van der Waals surface area contributed by atoms with Gasteiger partial charge in [0.1, 0.15) is 24.4 Å². The number of aliphatic hydroxyl groups excluding tert-OH is 5. The Morgan fingerprint density at radius 2 is 1.36 bits per heavy atom. The molecule has 5 atom stereocenters. The van der Waals surface area contributed by atoms with E-state index in [9.17, 15) is 30.0 Å². The van der Waals surface area contributed by atoms with Gasteiger partial charge in [0.2, 0.25) is 0 Å². The average Bonchev–Trinajstić information content (AvgIpc) is 3.07. The molecule has 6 rings (SSSR count). The van der Waals surface area contributed by atoms with Crippen LogP contribution in [0.2, 0.25) is 0 Å². The Bertz CT molecular complexity index is 1190. The van der Waals surface area contributed by atoms with Crippen molar-refractivity contribution in [1.82, 2.24) is 0 Å². The number of Topliss-reactive ketones (excluding diaryl/α,β-unsaturated/α-hetero) is 1. The first-order valence-electron chi connectivity index (χ1n) is 16.4. The largest absolute Gasteiger partial charge is 0.550 e. The molecule has 0 radical (unpaired) electrons. The number of para-hydroxylation sites is 2. The molecule has 1 aliphatic heterocycles. The van der Waals surface area contributed by atoms with Gasteiger partial charge in [0, 0.05) is 28.7 Å². The summed E-state index contributed by atoms with van der Waals surface area (Å²) in [4.78, 5) is 27.2. The average molecular weight is 643 g/mol. The predicted octanol–water partition coefficient (Wildman–Crippen LogP) is 3.59. The van der Waals surface area contributed by atoms with E-state index in [1.165, 1.54) is 59.8 Å². The maximum atomic E-state index is 11.6. The van der Waals surface area contributed by atoms with Gasteiger partial charge in [-0.2, -0.15) is 0 Å². The van der Waals surface area contributed by atoms with Crippen molar-refractivity contribution in [2.45, 2.75) is 111 Å². The Balaban J connectivity index is 0.000000205. The van der Waals surface area contributed by atoms with E-state index < -0.39 is 42.8 Å². The third-order valence-electron chi connectivity index (χ3n) is 9.53. The Kier molecular flexibility index (Phi) is 13.7. The zero-order valence-electron chi connectivity index (χ0n) is 25.9. The highest BCUT2D eigenvalue weighted by molar-refractivity contribution is 7.99. The van der Waals surface area contributed by atoms with E-state index in [0.29, 0.717) is 25.7 Å². The molecule has 0 aromatic heterocycles. The highest BCUT2D eigenvalue weighted by Gasteiger charge is 2.37. The SMILES string of the molecule is O=C([O-])CCCCCCCC(=O)C(O)[C@@H](O)[C@H](O)C(O)CO.c1ccc2c(c1)Sc1ccccc1N2CC1CC2CCC1CC2. The number of aliphatic hydroxyl groups is 5. The van der Waals surface area contributed by atoms with E-state index in [1.54, 1.807) is 0 Å². The molecule has 1 heterocycles. The van der Waals surface area contributed by atoms with Crippen LogP contribution in [0.4, 0.5) is 11.4 Å². The molecule has 4 aliphatic rings. The summed E-state index contributed by atoms with van der Waals surface area (Å²) in [6, 6.07) is 17.9. The van der Waals surface area contributed by atoms with Crippen LogP contribution in [0.1, 0.15) is 77.0 Å². The standard InChI is InChI=1S/C21H23NS.C14H26O8/c1-3-7-20-18(5-1)22(19-6-2-4-8-21(19)23-20)14-17-13-15-9-11-16(17)12-10-15;15-8-10(17)13(21)14(22)12(20)9(16)6-4-2-1-3-5-7-11(18)19/h1-8,15-17H,9-14H2;10,12-15,17,20-22H,1-8H2,(H,18,19)/p-1/t;10?,12?,13-,14-/m.1/s1. The van der Waals surface area contributed by atoms with E-state index in [1.807, 2.05) is 11.8 Å². The topological polar surface area (TPSA) is 162 Å². The maximum Gasteiger partial charge on any atom is 0.164 e. The van der Waals surface area contributed by atoms with E-state index in [0.717, 1.165) is 24.2 Å². The molecule has 3 aliphatic carbocycles. The quantitative estimate of drug-likeness (QED) is 0.182. The first-order chi connectivity index (χ1) is 21.7. The van der Waals surface area contributed by atoms with E-state index in [2.05, 4.69) is 53.4 Å². The number of nitrogens with zero attached hydrogens (tertiary/aromatic N) is 1. The van der Waals surface area contributed by atoms with Gasteiger partial charge in [-0.3, -0.25) is 4.79 Å². The van der Waals surface area contributed by atoms with Gasteiger partial charge < -0.3 is 40.3 Å². The molecule has 10 heteroatoms. The normalized spacial score (nSPS) is 22.7. The van der Waals surface area contributed by atoms with Gasteiger partial charge in [0.25, 0.3) is 0 Å². The number of rotatable bonds is 15. The highest BCUT2D eigenvalue weighted by Crippen LogP contribution is 2.51. The van der Waals surface area contributed by atoms with E-state index in [4.69, 9.17) is 10.2 Å². The molecule has 2 aromatic carbocycles. The summed E-state index contributed by atoms with van der Waals surface area (Å²) >= 11 is 1.92. The van der Waals surface area contributed by atoms with Crippen molar-refractivity contribution in [3.8, 4) is 0 Å². The van der Waals surface area contributed by atoms with Gasteiger partial charge in [-0.15, -0.1) is 0 Å². The van der Waals surface area contributed by atoms with Gasteiger partial charge >= 0.3 is 0 Å². The molecule has 248 valence electrons. The second-order valence-electron chi connectivity index (χ2n) is 12.7. The molecule has 0 amide bonds. The second kappa shape index (κ2) is 17.4. The van der Waals surface area contributed by atoms with E-state index >= 15 is 0 Å². The van der Waals surface area contributed by atoms with Crippen LogP contribution in [0, 0.1) is 17.8 Å². The first kappa shape index (κ1) is 35.4. The van der Waals surface area contributed by atoms with Crippen molar-refractivity contribution < 1.29 is 40.2 Å². The molecule has 0 saturated heterocycles. The number of anilines is 2. The lowest BCUT2D eigenvalue weighted by molar-refractivity contribution is -0.305. The van der Waals surface area contributed by atoms with Crippen molar-refractivity contribution >= 4 is 34.9 Å². The van der Waals surface area contributed by atoms with Crippen LogP contribution in [0.15, 0.2) is 58.3 Å². The zero-order chi connectivity index (χ0) is 32.3. The summed E-state index contributed by atoms with van der Waals surface area (Å²) in [6.07, 6.45) is 3.35. The Morgan fingerprint density at radius 3 is 1.89 bits per heavy atom. The fourth-order valence-electron chi connectivity index (χ4n) is 6.91.